The standard InChI is InChI=1S/C19H23N5O/c1-13-12-17(23-18(21-13)14-4-8-20-9-5-14)22-16-6-10-24(11-7-16)19(25)15-2-3-15/h4-5,8-9,12,15-16H,2-3,6-7,10-11H2,1H3,(H,21,22,23). The van der Waals surface area contributed by atoms with E-state index in [2.05, 4.69) is 20.3 Å². The summed E-state index contributed by atoms with van der Waals surface area (Å²) in [6, 6.07) is 6.16. The molecule has 6 heteroatoms. The molecule has 0 radical (unpaired) electrons. The monoisotopic (exact) mass is 337 g/mol. The smallest absolute Gasteiger partial charge is 0.225 e. The van der Waals surface area contributed by atoms with Crippen molar-refractivity contribution in [1.29, 1.82) is 0 Å². The molecule has 1 N–H and O–H groups in total. The van der Waals surface area contributed by atoms with E-state index in [4.69, 9.17) is 0 Å². The highest BCUT2D eigenvalue weighted by molar-refractivity contribution is 5.81. The van der Waals surface area contributed by atoms with Crippen molar-refractivity contribution in [3.05, 3.63) is 36.3 Å². The molecule has 2 fully saturated rings. The number of carbonyl (C=O) groups is 1. The fourth-order valence-corrected chi connectivity index (χ4v) is 3.31. The molecule has 3 heterocycles. The van der Waals surface area contributed by atoms with Crippen molar-refractivity contribution < 1.29 is 4.79 Å². The minimum atomic E-state index is 0.317. The molecular formula is C19H23N5O. The summed E-state index contributed by atoms with van der Waals surface area (Å²) in [5, 5.41) is 3.53. The molecule has 0 aromatic carbocycles. The number of amides is 1. The first-order valence-electron chi connectivity index (χ1n) is 9.00. The van der Waals surface area contributed by atoms with Gasteiger partial charge in [0.2, 0.25) is 5.91 Å². The van der Waals surface area contributed by atoms with E-state index in [1.54, 1.807) is 12.4 Å². The van der Waals surface area contributed by atoms with Crippen LogP contribution in [0.25, 0.3) is 11.4 Å². The Balaban J connectivity index is 1.41. The van der Waals surface area contributed by atoms with Gasteiger partial charge in [0.05, 0.1) is 0 Å². The summed E-state index contributed by atoms with van der Waals surface area (Å²) in [6.45, 7) is 3.66. The maximum absolute atomic E-state index is 12.2. The molecule has 1 saturated heterocycles. The molecule has 130 valence electrons. The minimum Gasteiger partial charge on any atom is -0.367 e. The molecular weight excluding hydrogens is 314 g/mol. The van der Waals surface area contributed by atoms with E-state index in [0.717, 1.165) is 55.8 Å². The van der Waals surface area contributed by atoms with E-state index in [-0.39, 0.29) is 0 Å². The average Bonchev–Trinajstić information content (AvgIpc) is 3.47. The summed E-state index contributed by atoms with van der Waals surface area (Å²) in [4.78, 5) is 27.4. The first-order valence-corrected chi connectivity index (χ1v) is 9.00. The van der Waals surface area contributed by atoms with Gasteiger partial charge in [0.15, 0.2) is 5.82 Å². The molecule has 1 amide bonds. The number of aryl methyl sites for hydroxylation is 1. The lowest BCUT2D eigenvalue weighted by molar-refractivity contribution is -0.133. The number of carbonyl (C=O) groups excluding carboxylic acids is 1. The molecule has 1 aliphatic heterocycles. The van der Waals surface area contributed by atoms with Gasteiger partial charge in [0.25, 0.3) is 0 Å². The zero-order valence-electron chi connectivity index (χ0n) is 14.5. The highest BCUT2D eigenvalue weighted by atomic mass is 16.2. The van der Waals surface area contributed by atoms with Crippen LogP contribution in [0.4, 0.5) is 5.82 Å². The van der Waals surface area contributed by atoms with Crippen LogP contribution < -0.4 is 5.32 Å². The number of piperidine rings is 1. The molecule has 1 saturated carbocycles. The zero-order chi connectivity index (χ0) is 17.2. The highest BCUT2D eigenvalue weighted by Gasteiger charge is 2.34. The van der Waals surface area contributed by atoms with Crippen LogP contribution in [0.3, 0.4) is 0 Å². The van der Waals surface area contributed by atoms with Gasteiger partial charge in [-0.15, -0.1) is 0 Å². The lowest BCUT2D eigenvalue weighted by Gasteiger charge is -2.32. The zero-order valence-corrected chi connectivity index (χ0v) is 14.5. The Morgan fingerprint density at radius 2 is 1.84 bits per heavy atom. The Bertz CT molecular complexity index is 752. The van der Waals surface area contributed by atoms with Crippen molar-refractivity contribution in [1.82, 2.24) is 19.9 Å². The van der Waals surface area contributed by atoms with Gasteiger partial charge in [-0.05, 0) is 44.7 Å². The number of likely N-dealkylation sites (tertiary alicyclic amines) is 1. The van der Waals surface area contributed by atoms with Crippen molar-refractivity contribution in [2.24, 2.45) is 5.92 Å². The Labute approximate surface area is 147 Å². The molecule has 2 aromatic rings. The molecule has 0 unspecified atom stereocenters. The lowest BCUT2D eigenvalue weighted by atomic mass is 10.0. The van der Waals surface area contributed by atoms with Gasteiger partial charge in [-0.2, -0.15) is 0 Å². The third-order valence-electron chi connectivity index (χ3n) is 4.88. The number of aromatic nitrogens is 3. The fourth-order valence-electron chi connectivity index (χ4n) is 3.31. The van der Waals surface area contributed by atoms with Crippen LogP contribution in [0.1, 0.15) is 31.4 Å². The SMILES string of the molecule is Cc1cc(NC2CCN(C(=O)C3CC3)CC2)nc(-c2ccncc2)n1. The van der Waals surface area contributed by atoms with E-state index in [9.17, 15) is 4.79 Å². The predicted molar refractivity (Wildman–Crippen MR) is 95.9 cm³/mol. The Kier molecular flexibility index (Phi) is 4.34. The van der Waals surface area contributed by atoms with Crippen LogP contribution >= 0.6 is 0 Å². The van der Waals surface area contributed by atoms with Gasteiger partial charge in [0.1, 0.15) is 5.82 Å². The third kappa shape index (κ3) is 3.78. The van der Waals surface area contributed by atoms with Gasteiger partial charge in [0, 0.05) is 54.8 Å². The van der Waals surface area contributed by atoms with Gasteiger partial charge in [-0.1, -0.05) is 0 Å². The van der Waals surface area contributed by atoms with E-state index < -0.39 is 0 Å². The van der Waals surface area contributed by atoms with Crippen LogP contribution in [-0.2, 0) is 4.79 Å². The Morgan fingerprint density at radius 3 is 2.52 bits per heavy atom. The molecule has 0 bridgehead atoms. The molecule has 1 aliphatic carbocycles. The topological polar surface area (TPSA) is 71.0 Å². The lowest BCUT2D eigenvalue weighted by Crippen LogP contribution is -2.43. The van der Waals surface area contributed by atoms with Gasteiger partial charge in [-0.3, -0.25) is 9.78 Å². The number of anilines is 1. The second-order valence-corrected chi connectivity index (χ2v) is 6.97. The average molecular weight is 337 g/mol. The number of nitrogens with zero attached hydrogens (tertiary/aromatic N) is 4. The molecule has 0 atom stereocenters. The number of pyridine rings is 1. The number of nitrogens with one attached hydrogen (secondary N) is 1. The van der Waals surface area contributed by atoms with Crippen LogP contribution in [0.5, 0.6) is 0 Å². The highest BCUT2D eigenvalue weighted by Crippen LogP contribution is 2.32. The van der Waals surface area contributed by atoms with E-state index in [0.29, 0.717) is 23.7 Å². The largest absolute Gasteiger partial charge is 0.367 e. The van der Waals surface area contributed by atoms with Crippen molar-refractivity contribution in [2.75, 3.05) is 18.4 Å². The first-order chi connectivity index (χ1) is 12.2. The number of rotatable bonds is 4. The normalized spacial score (nSPS) is 18.2. The fraction of sp³-hybridized carbons (Fsp3) is 0.474. The Morgan fingerprint density at radius 1 is 1.12 bits per heavy atom. The quantitative estimate of drug-likeness (QED) is 0.929. The summed E-state index contributed by atoms with van der Waals surface area (Å²) >= 11 is 0. The van der Waals surface area contributed by atoms with Crippen molar-refractivity contribution in [2.45, 2.75) is 38.6 Å². The molecule has 6 nitrogen and oxygen atoms in total. The second kappa shape index (κ2) is 6.78. The molecule has 2 aromatic heterocycles. The molecule has 4 rings (SSSR count). The van der Waals surface area contributed by atoms with Gasteiger partial charge < -0.3 is 10.2 Å². The van der Waals surface area contributed by atoms with Crippen molar-refractivity contribution >= 4 is 11.7 Å². The number of hydrogen-bond donors (Lipinski definition) is 1. The maximum atomic E-state index is 12.2. The van der Waals surface area contributed by atoms with Gasteiger partial charge in [-0.25, -0.2) is 9.97 Å². The van der Waals surface area contributed by atoms with Crippen LogP contribution in [-0.4, -0.2) is 44.9 Å². The maximum Gasteiger partial charge on any atom is 0.225 e. The van der Waals surface area contributed by atoms with Crippen LogP contribution in [0.2, 0.25) is 0 Å². The van der Waals surface area contributed by atoms with Crippen LogP contribution in [0, 0.1) is 12.8 Å². The minimum absolute atomic E-state index is 0.317. The molecule has 2 aliphatic rings. The summed E-state index contributed by atoms with van der Waals surface area (Å²) < 4.78 is 0. The summed E-state index contributed by atoms with van der Waals surface area (Å²) in [7, 11) is 0. The predicted octanol–water partition coefficient (Wildman–Crippen LogP) is 2.66. The van der Waals surface area contributed by atoms with Crippen molar-refractivity contribution in [3.63, 3.8) is 0 Å². The Hall–Kier alpha value is -2.50. The number of hydrogen-bond acceptors (Lipinski definition) is 5. The third-order valence-corrected chi connectivity index (χ3v) is 4.88. The second-order valence-electron chi connectivity index (χ2n) is 6.97. The van der Waals surface area contributed by atoms with Crippen molar-refractivity contribution in [3.8, 4) is 11.4 Å². The summed E-state index contributed by atoms with van der Waals surface area (Å²) in [5.41, 5.74) is 1.90. The molecule has 0 spiro atoms. The van der Waals surface area contributed by atoms with E-state index in [1.807, 2.05) is 30.0 Å². The van der Waals surface area contributed by atoms with E-state index >= 15 is 0 Å². The first kappa shape index (κ1) is 16.0. The van der Waals surface area contributed by atoms with E-state index in [1.165, 1.54) is 0 Å². The summed E-state index contributed by atoms with van der Waals surface area (Å²) in [6.07, 6.45) is 7.59. The van der Waals surface area contributed by atoms with Gasteiger partial charge >= 0.3 is 0 Å². The molecule has 25 heavy (non-hydrogen) atoms. The summed E-state index contributed by atoms with van der Waals surface area (Å²) in [5.74, 6) is 2.24. The van der Waals surface area contributed by atoms with Crippen LogP contribution in [0.15, 0.2) is 30.6 Å².